The number of carbonyl (C=O) groups is 1. The van der Waals surface area contributed by atoms with Crippen molar-refractivity contribution in [2.45, 2.75) is 31.9 Å². The Kier molecular flexibility index (Phi) is 6.72. The zero-order chi connectivity index (χ0) is 23.3. The molecule has 0 aliphatic heterocycles. The summed E-state index contributed by atoms with van der Waals surface area (Å²) >= 11 is 0. The second-order valence-corrected chi connectivity index (χ2v) is 7.86. The van der Waals surface area contributed by atoms with Gasteiger partial charge in [0.15, 0.2) is 0 Å². The molecule has 1 N–H and O–H groups in total. The first-order valence-electron chi connectivity index (χ1n) is 10.6. The van der Waals surface area contributed by atoms with Crippen LogP contribution in [0.4, 0.5) is 18.9 Å². The molecular formula is C25H22F3N3O2. The standard InChI is InChI=1S/C25H22F3N3O2/c26-25(27,28)20-8-9-23(30-16-20)33-22-3-1-2-18(15-22)14-17-4-6-19(7-5-17)24(32)31-21-10-12-29-13-11-21/h1-3,8-16,19H,4-7H2,(H,29,31,32). The van der Waals surface area contributed by atoms with Crippen LogP contribution in [0.1, 0.15) is 36.8 Å². The number of carbonyl (C=O) groups excluding carboxylic acids is 1. The number of anilines is 1. The van der Waals surface area contributed by atoms with E-state index in [1.54, 1.807) is 30.6 Å². The number of nitrogens with one attached hydrogen (secondary N) is 1. The predicted molar refractivity (Wildman–Crippen MR) is 119 cm³/mol. The quantitative estimate of drug-likeness (QED) is 0.479. The molecule has 0 unspecified atom stereocenters. The van der Waals surface area contributed by atoms with Crippen LogP contribution in [-0.4, -0.2) is 15.9 Å². The van der Waals surface area contributed by atoms with E-state index in [1.165, 1.54) is 11.6 Å². The van der Waals surface area contributed by atoms with Gasteiger partial charge in [-0.15, -0.1) is 0 Å². The van der Waals surface area contributed by atoms with Crippen LogP contribution >= 0.6 is 0 Å². The van der Waals surface area contributed by atoms with Gasteiger partial charge in [0.1, 0.15) is 5.75 Å². The molecule has 1 aromatic carbocycles. The largest absolute Gasteiger partial charge is 0.439 e. The molecule has 0 saturated heterocycles. The molecule has 0 radical (unpaired) electrons. The van der Waals surface area contributed by atoms with E-state index < -0.39 is 11.7 Å². The van der Waals surface area contributed by atoms with Gasteiger partial charge in [0.05, 0.1) is 5.56 Å². The molecule has 0 bridgehead atoms. The average Bonchev–Trinajstić information content (AvgIpc) is 2.80. The Hall–Kier alpha value is -3.68. The number of aromatic nitrogens is 2. The molecule has 0 spiro atoms. The van der Waals surface area contributed by atoms with E-state index >= 15 is 0 Å². The summed E-state index contributed by atoms with van der Waals surface area (Å²) in [6, 6.07) is 13.0. The van der Waals surface area contributed by atoms with E-state index in [0.717, 1.165) is 49.2 Å². The van der Waals surface area contributed by atoms with Crippen LogP contribution in [0, 0.1) is 5.92 Å². The summed E-state index contributed by atoms with van der Waals surface area (Å²) in [7, 11) is 0. The summed E-state index contributed by atoms with van der Waals surface area (Å²) in [5, 5.41) is 2.94. The van der Waals surface area contributed by atoms with Crippen LogP contribution in [0.25, 0.3) is 6.08 Å². The fourth-order valence-corrected chi connectivity index (χ4v) is 3.71. The van der Waals surface area contributed by atoms with Crippen molar-refractivity contribution in [1.29, 1.82) is 0 Å². The van der Waals surface area contributed by atoms with Crippen LogP contribution in [0.15, 0.2) is 72.7 Å². The van der Waals surface area contributed by atoms with Crippen molar-refractivity contribution < 1.29 is 22.7 Å². The number of hydrogen-bond donors (Lipinski definition) is 1. The zero-order valence-corrected chi connectivity index (χ0v) is 17.7. The number of rotatable bonds is 5. The minimum absolute atomic E-state index is 0.0275. The molecule has 170 valence electrons. The highest BCUT2D eigenvalue weighted by Gasteiger charge is 2.30. The molecule has 2 heterocycles. The number of alkyl halides is 3. The number of allylic oxidation sites excluding steroid dienone is 1. The normalized spacial score (nSPS) is 16.2. The van der Waals surface area contributed by atoms with Crippen molar-refractivity contribution >= 4 is 17.7 Å². The van der Waals surface area contributed by atoms with Crippen molar-refractivity contribution in [2.24, 2.45) is 5.92 Å². The van der Waals surface area contributed by atoms with E-state index in [2.05, 4.69) is 21.4 Å². The highest BCUT2D eigenvalue weighted by atomic mass is 19.4. The van der Waals surface area contributed by atoms with Crippen LogP contribution < -0.4 is 10.1 Å². The molecule has 1 amide bonds. The maximum Gasteiger partial charge on any atom is 0.417 e. The van der Waals surface area contributed by atoms with E-state index in [4.69, 9.17) is 4.74 Å². The van der Waals surface area contributed by atoms with Crippen molar-refractivity contribution in [3.63, 3.8) is 0 Å². The van der Waals surface area contributed by atoms with Crippen LogP contribution in [0.2, 0.25) is 0 Å². The van der Waals surface area contributed by atoms with Crippen molar-refractivity contribution in [1.82, 2.24) is 9.97 Å². The maximum atomic E-state index is 12.7. The van der Waals surface area contributed by atoms with Crippen molar-refractivity contribution in [2.75, 3.05) is 5.32 Å². The lowest BCUT2D eigenvalue weighted by molar-refractivity contribution is -0.137. The molecule has 33 heavy (non-hydrogen) atoms. The Morgan fingerprint density at radius 3 is 2.48 bits per heavy atom. The Morgan fingerprint density at radius 1 is 1.06 bits per heavy atom. The lowest BCUT2D eigenvalue weighted by Gasteiger charge is -2.23. The summed E-state index contributed by atoms with van der Waals surface area (Å²) < 4.78 is 43.6. The molecule has 8 heteroatoms. The topological polar surface area (TPSA) is 64.1 Å². The first-order valence-corrected chi connectivity index (χ1v) is 10.6. The highest BCUT2D eigenvalue weighted by Crippen LogP contribution is 2.32. The highest BCUT2D eigenvalue weighted by molar-refractivity contribution is 5.92. The lowest BCUT2D eigenvalue weighted by Crippen LogP contribution is -2.25. The fourth-order valence-electron chi connectivity index (χ4n) is 3.71. The second-order valence-electron chi connectivity index (χ2n) is 7.86. The number of benzene rings is 1. The Morgan fingerprint density at radius 2 is 1.82 bits per heavy atom. The van der Waals surface area contributed by atoms with Crippen molar-refractivity contribution in [3.8, 4) is 11.6 Å². The number of amides is 1. The number of hydrogen-bond acceptors (Lipinski definition) is 4. The van der Waals surface area contributed by atoms with E-state index in [1.807, 2.05) is 18.2 Å². The predicted octanol–water partition coefficient (Wildman–Crippen LogP) is 6.50. The first kappa shape index (κ1) is 22.5. The van der Waals surface area contributed by atoms with Gasteiger partial charge in [-0.25, -0.2) is 4.98 Å². The van der Waals surface area contributed by atoms with Crippen LogP contribution in [0.5, 0.6) is 11.6 Å². The zero-order valence-electron chi connectivity index (χ0n) is 17.7. The third kappa shape index (κ3) is 6.19. The first-order chi connectivity index (χ1) is 15.9. The molecule has 4 rings (SSSR count). The number of halogens is 3. The van der Waals surface area contributed by atoms with Gasteiger partial charge >= 0.3 is 6.18 Å². The van der Waals surface area contributed by atoms with Gasteiger partial charge in [-0.2, -0.15) is 13.2 Å². The Balaban J connectivity index is 1.34. The molecule has 1 fully saturated rings. The molecular weight excluding hydrogens is 431 g/mol. The van der Waals surface area contributed by atoms with Gasteiger partial charge in [0, 0.05) is 36.3 Å². The molecule has 3 aromatic rings. The average molecular weight is 453 g/mol. The van der Waals surface area contributed by atoms with E-state index in [9.17, 15) is 18.0 Å². The maximum absolute atomic E-state index is 12.7. The van der Waals surface area contributed by atoms with Gasteiger partial charge in [0.2, 0.25) is 11.8 Å². The van der Waals surface area contributed by atoms with Gasteiger partial charge in [-0.3, -0.25) is 9.78 Å². The lowest BCUT2D eigenvalue weighted by atomic mass is 9.84. The monoisotopic (exact) mass is 453 g/mol. The summed E-state index contributed by atoms with van der Waals surface area (Å²) in [6.07, 6.45) is 4.86. The SMILES string of the molecule is O=C(Nc1ccncc1)C1CCC(=Cc2cccc(Oc3ccc(C(F)(F)F)cn3)c2)CC1. The Labute approximate surface area is 189 Å². The molecule has 0 atom stereocenters. The molecule has 2 aromatic heterocycles. The third-order valence-electron chi connectivity index (χ3n) is 5.46. The van der Waals surface area contributed by atoms with Crippen LogP contribution in [-0.2, 0) is 11.0 Å². The number of ether oxygens (including phenoxy) is 1. The van der Waals surface area contributed by atoms with Gasteiger partial charge in [-0.1, -0.05) is 23.8 Å². The minimum atomic E-state index is -4.43. The van der Waals surface area contributed by atoms with Crippen LogP contribution in [0.3, 0.4) is 0 Å². The molecule has 5 nitrogen and oxygen atoms in total. The second kappa shape index (κ2) is 9.85. The molecule has 1 aliphatic carbocycles. The molecule has 1 saturated carbocycles. The number of pyridine rings is 2. The van der Waals surface area contributed by atoms with Gasteiger partial charge in [0.25, 0.3) is 0 Å². The summed E-state index contributed by atoms with van der Waals surface area (Å²) in [6.45, 7) is 0. The third-order valence-corrected chi connectivity index (χ3v) is 5.46. The summed E-state index contributed by atoms with van der Waals surface area (Å²) in [5.41, 5.74) is 2.09. The minimum Gasteiger partial charge on any atom is -0.439 e. The Bertz CT molecular complexity index is 1120. The number of nitrogens with zero attached hydrogens (tertiary/aromatic N) is 2. The summed E-state index contributed by atoms with van der Waals surface area (Å²) in [5.74, 6) is 0.575. The van der Waals surface area contributed by atoms with Crippen molar-refractivity contribution in [3.05, 3.63) is 83.8 Å². The molecule has 1 aliphatic rings. The van der Waals surface area contributed by atoms with E-state index in [-0.39, 0.29) is 17.7 Å². The smallest absolute Gasteiger partial charge is 0.417 e. The van der Waals surface area contributed by atoms with Gasteiger partial charge < -0.3 is 10.1 Å². The van der Waals surface area contributed by atoms with E-state index in [0.29, 0.717) is 5.75 Å². The summed E-state index contributed by atoms with van der Waals surface area (Å²) in [4.78, 5) is 20.2. The van der Waals surface area contributed by atoms with Gasteiger partial charge in [-0.05, 0) is 61.6 Å². The fraction of sp³-hybridized carbons (Fsp3) is 0.240.